The van der Waals surface area contributed by atoms with E-state index >= 15 is 0 Å². The maximum atomic E-state index is 12.7. The van der Waals surface area contributed by atoms with E-state index in [4.69, 9.17) is 4.74 Å². The normalized spacial score (nSPS) is 39.1. The molecule has 2 amide bonds. The Hall–Kier alpha value is -1.89. The molecule has 146 valence electrons. The summed E-state index contributed by atoms with van der Waals surface area (Å²) < 4.78 is 7.57. The molecule has 3 saturated carbocycles. The second-order valence-corrected chi connectivity index (χ2v) is 9.30. The summed E-state index contributed by atoms with van der Waals surface area (Å²) in [5, 5.41) is 10.9. The summed E-state index contributed by atoms with van der Waals surface area (Å²) in [6, 6.07) is 2.30. The average molecular weight is 372 g/mol. The van der Waals surface area contributed by atoms with Crippen molar-refractivity contribution in [2.24, 2.45) is 5.92 Å². The smallest absolute Gasteiger partial charge is 0.272 e. The van der Waals surface area contributed by atoms with Crippen molar-refractivity contribution in [2.75, 3.05) is 6.61 Å². The van der Waals surface area contributed by atoms with Gasteiger partial charge in [0, 0.05) is 29.4 Å². The SMILES string of the molecule is CC1CCCc2cc(C(=O)NC34CC(NC(=O)[C@H]5OCC[C@H]5C)(C3)C4)nn21. The van der Waals surface area contributed by atoms with E-state index in [9.17, 15) is 9.59 Å². The maximum Gasteiger partial charge on any atom is 0.272 e. The summed E-state index contributed by atoms with van der Waals surface area (Å²) in [6.45, 7) is 4.88. The minimum absolute atomic E-state index is 0.00962. The van der Waals surface area contributed by atoms with E-state index in [0.29, 0.717) is 18.3 Å². The van der Waals surface area contributed by atoms with E-state index in [-0.39, 0.29) is 34.9 Å². The molecule has 0 aromatic carbocycles. The van der Waals surface area contributed by atoms with Gasteiger partial charge in [0.1, 0.15) is 11.8 Å². The highest BCUT2D eigenvalue weighted by atomic mass is 16.5. The second-order valence-electron chi connectivity index (χ2n) is 9.30. The Morgan fingerprint density at radius 3 is 2.59 bits per heavy atom. The van der Waals surface area contributed by atoms with Crippen molar-refractivity contribution in [2.45, 2.75) is 82.0 Å². The number of ether oxygens (including phenoxy) is 1. The van der Waals surface area contributed by atoms with Crippen LogP contribution in [-0.2, 0) is 16.0 Å². The van der Waals surface area contributed by atoms with Crippen molar-refractivity contribution < 1.29 is 14.3 Å². The number of nitrogens with zero attached hydrogens (tertiary/aromatic N) is 2. The molecule has 7 nitrogen and oxygen atoms in total. The van der Waals surface area contributed by atoms with E-state index in [1.807, 2.05) is 10.7 Å². The van der Waals surface area contributed by atoms with Crippen LogP contribution < -0.4 is 10.6 Å². The zero-order chi connectivity index (χ0) is 18.8. The highest BCUT2D eigenvalue weighted by Crippen LogP contribution is 2.60. The Bertz CT molecular complexity index is 781. The predicted octanol–water partition coefficient (Wildman–Crippen LogP) is 1.73. The van der Waals surface area contributed by atoms with Crippen molar-refractivity contribution in [3.8, 4) is 0 Å². The third-order valence-electron chi connectivity index (χ3n) is 6.96. The minimum Gasteiger partial charge on any atom is -0.368 e. The summed E-state index contributed by atoms with van der Waals surface area (Å²) in [5.41, 5.74) is 1.38. The highest BCUT2D eigenvalue weighted by Gasteiger charge is 2.69. The number of amides is 2. The van der Waals surface area contributed by atoms with Crippen molar-refractivity contribution >= 4 is 11.8 Å². The van der Waals surface area contributed by atoms with Crippen molar-refractivity contribution in [3.05, 3.63) is 17.5 Å². The molecule has 1 aromatic heterocycles. The van der Waals surface area contributed by atoms with Crippen LogP contribution in [0.5, 0.6) is 0 Å². The number of carbonyl (C=O) groups is 2. The number of carbonyl (C=O) groups excluding carboxylic acids is 2. The Kier molecular flexibility index (Phi) is 3.70. The monoisotopic (exact) mass is 372 g/mol. The topological polar surface area (TPSA) is 85.2 Å². The van der Waals surface area contributed by atoms with Crippen LogP contribution in [-0.4, -0.2) is 45.4 Å². The van der Waals surface area contributed by atoms with Gasteiger partial charge < -0.3 is 15.4 Å². The predicted molar refractivity (Wildman–Crippen MR) is 98.3 cm³/mol. The second kappa shape index (κ2) is 5.80. The fraction of sp³-hybridized carbons (Fsp3) is 0.750. The highest BCUT2D eigenvalue weighted by molar-refractivity contribution is 5.93. The van der Waals surface area contributed by atoms with Gasteiger partial charge in [-0.1, -0.05) is 6.92 Å². The summed E-state index contributed by atoms with van der Waals surface area (Å²) in [6.07, 6.45) is 6.32. The van der Waals surface area contributed by atoms with Crippen LogP contribution in [0.2, 0.25) is 0 Å². The van der Waals surface area contributed by atoms with E-state index in [2.05, 4.69) is 29.6 Å². The average Bonchev–Trinajstić information content (AvgIpc) is 3.18. The van der Waals surface area contributed by atoms with Crippen molar-refractivity contribution in [1.82, 2.24) is 20.4 Å². The van der Waals surface area contributed by atoms with Crippen LogP contribution in [0.4, 0.5) is 0 Å². The van der Waals surface area contributed by atoms with Gasteiger partial charge in [0.15, 0.2) is 0 Å². The van der Waals surface area contributed by atoms with E-state index in [0.717, 1.165) is 50.6 Å². The molecule has 4 fully saturated rings. The van der Waals surface area contributed by atoms with Gasteiger partial charge >= 0.3 is 0 Å². The lowest BCUT2D eigenvalue weighted by molar-refractivity contribution is -0.148. The molecule has 1 unspecified atom stereocenters. The van der Waals surface area contributed by atoms with E-state index in [1.54, 1.807) is 0 Å². The molecular weight excluding hydrogens is 344 g/mol. The lowest BCUT2D eigenvalue weighted by Crippen LogP contribution is -2.84. The fourth-order valence-electron chi connectivity index (χ4n) is 5.53. The molecule has 3 aliphatic carbocycles. The van der Waals surface area contributed by atoms with Gasteiger partial charge in [0.05, 0.1) is 0 Å². The molecule has 5 aliphatic rings. The van der Waals surface area contributed by atoms with E-state index in [1.165, 1.54) is 0 Å². The first kappa shape index (κ1) is 17.2. The molecule has 1 aromatic rings. The van der Waals surface area contributed by atoms with E-state index < -0.39 is 0 Å². The van der Waals surface area contributed by atoms with Gasteiger partial charge in [-0.15, -0.1) is 0 Å². The molecule has 27 heavy (non-hydrogen) atoms. The number of hydrogen-bond acceptors (Lipinski definition) is 4. The van der Waals surface area contributed by atoms with Gasteiger partial charge in [-0.05, 0) is 63.9 Å². The number of hydrogen-bond donors (Lipinski definition) is 2. The molecular formula is C20H28N4O3. The summed E-state index contributed by atoms with van der Waals surface area (Å²) in [5.74, 6) is 0.201. The van der Waals surface area contributed by atoms with Gasteiger partial charge in [-0.25, -0.2) is 0 Å². The lowest BCUT2D eigenvalue weighted by atomic mass is 9.44. The van der Waals surface area contributed by atoms with Gasteiger partial charge in [-0.2, -0.15) is 5.10 Å². The molecule has 7 heteroatoms. The third kappa shape index (κ3) is 2.70. The largest absolute Gasteiger partial charge is 0.368 e. The van der Waals surface area contributed by atoms with Crippen LogP contribution in [0.25, 0.3) is 0 Å². The Morgan fingerprint density at radius 2 is 1.93 bits per heavy atom. The standard InChI is InChI=1S/C20H28N4O3/c1-12-6-7-27-16(12)18(26)22-20-9-19(10-20,11-20)21-17(25)15-8-14-5-3-4-13(2)24(14)23-15/h8,12-13,16H,3-7,9-11H2,1-2H3,(H,21,25)(H,22,26)/t12-,13?,16+,19?,20?/m1/s1. The number of rotatable bonds is 4. The molecule has 6 rings (SSSR count). The molecule has 2 bridgehead atoms. The Labute approximate surface area is 159 Å². The first-order chi connectivity index (χ1) is 12.9. The number of aromatic nitrogens is 2. The van der Waals surface area contributed by atoms with Gasteiger partial charge in [0.2, 0.25) is 5.91 Å². The van der Waals surface area contributed by atoms with Crippen molar-refractivity contribution in [1.29, 1.82) is 0 Å². The first-order valence-corrected chi connectivity index (χ1v) is 10.2. The first-order valence-electron chi connectivity index (χ1n) is 10.2. The zero-order valence-electron chi connectivity index (χ0n) is 16.1. The Balaban J connectivity index is 1.17. The maximum absolute atomic E-state index is 12.7. The molecule has 2 aliphatic heterocycles. The van der Waals surface area contributed by atoms with Crippen LogP contribution in [0.1, 0.15) is 74.6 Å². The third-order valence-corrected chi connectivity index (χ3v) is 6.96. The molecule has 1 saturated heterocycles. The molecule has 3 atom stereocenters. The molecule has 0 spiro atoms. The lowest BCUT2D eigenvalue weighted by Gasteiger charge is -2.70. The fourth-order valence-corrected chi connectivity index (χ4v) is 5.53. The van der Waals surface area contributed by atoms with Gasteiger partial charge in [-0.3, -0.25) is 14.3 Å². The Morgan fingerprint density at radius 1 is 1.19 bits per heavy atom. The summed E-state index contributed by atoms with van der Waals surface area (Å²) in [7, 11) is 0. The molecule has 3 heterocycles. The number of aryl methyl sites for hydroxylation is 1. The quantitative estimate of drug-likeness (QED) is 0.843. The minimum atomic E-state index is -0.316. The summed E-state index contributed by atoms with van der Waals surface area (Å²) in [4.78, 5) is 25.1. The summed E-state index contributed by atoms with van der Waals surface area (Å²) >= 11 is 0. The molecule has 0 radical (unpaired) electrons. The molecule has 2 N–H and O–H groups in total. The van der Waals surface area contributed by atoms with Crippen LogP contribution >= 0.6 is 0 Å². The van der Waals surface area contributed by atoms with Crippen LogP contribution in [0, 0.1) is 5.92 Å². The zero-order valence-corrected chi connectivity index (χ0v) is 16.1. The van der Waals surface area contributed by atoms with Crippen LogP contribution in [0.3, 0.4) is 0 Å². The number of fused-ring (bicyclic) bond motifs is 1. The van der Waals surface area contributed by atoms with Crippen molar-refractivity contribution in [3.63, 3.8) is 0 Å². The number of nitrogens with one attached hydrogen (secondary N) is 2. The van der Waals surface area contributed by atoms with Crippen LogP contribution in [0.15, 0.2) is 6.07 Å². The van der Waals surface area contributed by atoms with Gasteiger partial charge in [0.25, 0.3) is 5.91 Å².